The molecular formula is C13H25F3N2. The molecule has 5 heteroatoms. The highest BCUT2D eigenvalue weighted by Crippen LogP contribution is 2.36. The van der Waals surface area contributed by atoms with Crippen molar-refractivity contribution in [2.24, 2.45) is 5.41 Å². The number of hydrogen-bond acceptors (Lipinski definition) is 2. The van der Waals surface area contributed by atoms with Gasteiger partial charge in [0.2, 0.25) is 0 Å². The SMILES string of the molecule is CNCC1(CN(C)CCC(F)(F)F)CCCCC1. The lowest BCUT2D eigenvalue weighted by Gasteiger charge is -2.40. The van der Waals surface area contributed by atoms with Crippen LogP contribution < -0.4 is 5.32 Å². The third-order valence-corrected chi connectivity index (χ3v) is 3.85. The first-order valence-electron chi connectivity index (χ1n) is 6.77. The van der Waals surface area contributed by atoms with Crippen LogP contribution in [-0.2, 0) is 0 Å². The summed E-state index contributed by atoms with van der Waals surface area (Å²) in [6, 6.07) is 0. The summed E-state index contributed by atoms with van der Waals surface area (Å²) < 4.78 is 36.6. The maximum Gasteiger partial charge on any atom is 0.390 e. The summed E-state index contributed by atoms with van der Waals surface area (Å²) in [5.74, 6) is 0. The van der Waals surface area contributed by atoms with E-state index in [1.165, 1.54) is 19.3 Å². The van der Waals surface area contributed by atoms with Gasteiger partial charge in [-0.15, -0.1) is 0 Å². The highest BCUT2D eigenvalue weighted by atomic mass is 19.4. The van der Waals surface area contributed by atoms with Crippen LogP contribution in [0.15, 0.2) is 0 Å². The summed E-state index contributed by atoms with van der Waals surface area (Å²) in [4.78, 5) is 1.84. The summed E-state index contributed by atoms with van der Waals surface area (Å²) in [5, 5.41) is 3.21. The Balaban J connectivity index is 2.44. The number of hydrogen-bond donors (Lipinski definition) is 1. The second-order valence-electron chi connectivity index (χ2n) is 5.69. The molecule has 0 aliphatic heterocycles. The van der Waals surface area contributed by atoms with E-state index in [1.807, 2.05) is 11.9 Å². The van der Waals surface area contributed by atoms with Gasteiger partial charge in [0.1, 0.15) is 0 Å². The third-order valence-electron chi connectivity index (χ3n) is 3.85. The van der Waals surface area contributed by atoms with Crippen molar-refractivity contribution in [3.8, 4) is 0 Å². The summed E-state index contributed by atoms with van der Waals surface area (Å²) in [6.07, 6.45) is 1.17. The van der Waals surface area contributed by atoms with Gasteiger partial charge in [0, 0.05) is 19.6 Å². The van der Waals surface area contributed by atoms with Gasteiger partial charge in [-0.1, -0.05) is 19.3 Å². The van der Waals surface area contributed by atoms with Gasteiger partial charge in [0.25, 0.3) is 0 Å². The molecule has 0 amide bonds. The maximum absolute atomic E-state index is 12.2. The van der Waals surface area contributed by atoms with Gasteiger partial charge in [-0.3, -0.25) is 0 Å². The zero-order chi connectivity index (χ0) is 13.6. The van der Waals surface area contributed by atoms with Crippen LogP contribution >= 0.6 is 0 Å². The quantitative estimate of drug-likeness (QED) is 0.795. The highest BCUT2D eigenvalue weighted by Gasteiger charge is 2.33. The minimum atomic E-state index is -4.04. The van der Waals surface area contributed by atoms with Crippen molar-refractivity contribution < 1.29 is 13.2 Å². The first kappa shape index (κ1) is 15.8. The zero-order valence-electron chi connectivity index (χ0n) is 11.4. The largest absolute Gasteiger partial charge is 0.390 e. The minimum Gasteiger partial charge on any atom is -0.319 e. The van der Waals surface area contributed by atoms with E-state index in [4.69, 9.17) is 0 Å². The molecule has 0 saturated heterocycles. The Morgan fingerprint density at radius 2 is 1.78 bits per heavy atom. The molecule has 1 aliphatic carbocycles. The number of nitrogens with zero attached hydrogens (tertiary/aromatic N) is 1. The Labute approximate surface area is 108 Å². The van der Waals surface area contributed by atoms with Gasteiger partial charge in [-0.2, -0.15) is 13.2 Å². The van der Waals surface area contributed by atoms with E-state index in [2.05, 4.69) is 5.32 Å². The van der Waals surface area contributed by atoms with Crippen LogP contribution in [0.4, 0.5) is 13.2 Å². The molecule has 108 valence electrons. The van der Waals surface area contributed by atoms with Crippen LogP contribution in [0.2, 0.25) is 0 Å². The molecular weight excluding hydrogens is 241 g/mol. The molecule has 0 aromatic heterocycles. The Morgan fingerprint density at radius 3 is 2.28 bits per heavy atom. The van der Waals surface area contributed by atoms with Crippen LogP contribution in [0.25, 0.3) is 0 Å². The second kappa shape index (κ2) is 6.75. The summed E-state index contributed by atoms with van der Waals surface area (Å²) in [5.41, 5.74) is 0.174. The van der Waals surface area contributed by atoms with Crippen LogP contribution in [0.1, 0.15) is 38.5 Å². The van der Waals surface area contributed by atoms with Crippen molar-refractivity contribution in [1.29, 1.82) is 0 Å². The molecule has 1 aliphatic rings. The molecule has 1 saturated carbocycles. The molecule has 0 heterocycles. The molecule has 1 rings (SSSR count). The van der Waals surface area contributed by atoms with Crippen molar-refractivity contribution in [3.63, 3.8) is 0 Å². The fourth-order valence-corrected chi connectivity index (χ4v) is 3.04. The van der Waals surface area contributed by atoms with Crippen LogP contribution in [-0.4, -0.2) is 44.8 Å². The maximum atomic E-state index is 12.2. The molecule has 1 fully saturated rings. The summed E-state index contributed by atoms with van der Waals surface area (Å²) >= 11 is 0. The topological polar surface area (TPSA) is 15.3 Å². The predicted molar refractivity (Wildman–Crippen MR) is 67.6 cm³/mol. The molecule has 0 radical (unpaired) electrons. The van der Waals surface area contributed by atoms with Crippen LogP contribution in [0, 0.1) is 5.41 Å². The first-order chi connectivity index (χ1) is 8.37. The third kappa shape index (κ3) is 5.57. The van der Waals surface area contributed by atoms with E-state index in [-0.39, 0.29) is 12.0 Å². The smallest absolute Gasteiger partial charge is 0.319 e. The van der Waals surface area contributed by atoms with E-state index >= 15 is 0 Å². The van der Waals surface area contributed by atoms with Gasteiger partial charge in [-0.05, 0) is 32.4 Å². The van der Waals surface area contributed by atoms with Crippen molar-refractivity contribution >= 4 is 0 Å². The summed E-state index contributed by atoms with van der Waals surface area (Å²) in [6.45, 7) is 1.78. The number of halogens is 3. The lowest BCUT2D eigenvalue weighted by atomic mass is 9.73. The average molecular weight is 266 g/mol. The predicted octanol–water partition coefficient (Wildman–Crippen LogP) is 3.04. The van der Waals surface area contributed by atoms with E-state index in [0.29, 0.717) is 0 Å². The molecule has 0 bridgehead atoms. The first-order valence-corrected chi connectivity index (χ1v) is 6.77. The Bertz CT molecular complexity index is 229. The summed E-state index contributed by atoms with van der Waals surface area (Å²) in [7, 11) is 3.73. The average Bonchev–Trinajstić information content (AvgIpc) is 2.27. The standard InChI is InChI=1S/C13H25F3N2/c1-17-10-12(6-4-3-5-7-12)11-18(2)9-8-13(14,15)16/h17H,3-11H2,1-2H3. The van der Waals surface area contributed by atoms with E-state index in [1.54, 1.807) is 7.05 Å². The number of alkyl halides is 3. The fourth-order valence-electron chi connectivity index (χ4n) is 3.04. The van der Waals surface area contributed by atoms with Crippen molar-refractivity contribution in [1.82, 2.24) is 10.2 Å². The van der Waals surface area contributed by atoms with Gasteiger partial charge in [-0.25, -0.2) is 0 Å². The number of nitrogens with one attached hydrogen (secondary N) is 1. The molecule has 0 aromatic rings. The van der Waals surface area contributed by atoms with Crippen molar-refractivity contribution in [2.45, 2.75) is 44.7 Å². The minimum absolute atomic E-state index is 0.106. The van der Waals surface area contributed by atoms with E-state index < -0.39 is 12.6 Å². The molecule has 0 unspecified atom stereocenters. The Morgan fingerprint density at radius 1 is 1.17 bits per heavy atom. The fraction of sp³-hybridized carbons (Fsp3) is 1.00. The molecule has 0 aromatic carbocycles. The molecule has 18 heavy (non-hydrogen) atoms. The lowest BCUT2D eigenvalue weighted by molar-refractivity contribution is -0.138. The molecule has 2 nitrogen and oxygen atoms in total. The highest BCUT2D eigenvalue weighted by molar-refractivity contribution is 4.87. The lowest BCUT2D eigenvalue weighted by Crippen LogP contribution is -2.44. The molecule has 1 N–H and O–H groups in total. The Kier molecular flexibility index (Phi) is 5.92. The normalized spacial score (nSPS) is 20.3. The van der Waals surface area contributed by atoms with Crippen molar-refractivity contribution in [3.05, 3.63) is 0 Å². The van der Waals surface area contributed by atoms with Crippen LogP contribution in [0.3, 0.4) is 0 Å². The monoisotopic (exact) mass is 266 g/mol. The second-order valence-corrected chi connectivity index (χ2v) is 5.69. The molecule has 0 atom stereocenters. The van der Waals surface area contributed by atoms with Gasteiger partial charge < -0.3 is 10.2 Å². The van der Waals surface area contributed by atoms with Crippen molar-refractivity contribution in [2.75, 3.05) is 33.7 Å². The Hall–Kier alpha value is -0.290. The number of rotatable bonds is 6. The van der Waals surface area contributed by atoms with E-state index in [0.717, 1.165) is 25.9 Å². The van der Waals surface area contributed by atoms with Gasteiger partial charge in [0.15, 0.2) is 0 Å². The van der Waals surface area contributed by atoms with Gasteiger partial charge in [0.05, 0.1) is 6.42 Å². The van der Waals surface area contributed by atoms with Crippen LogP contribution in [0.5, 0.6) is 0 Å². The van der Waals surface area contributed by atoms with Gasteiger partial charge >= 0.3 is 6.18 Å². The van der Waals surface area contributed by atoms with E-state index in [9.17, 15) is 13.2 Å². The molecule has 0 spiro atoms. The zero-order valence-corrected chi connectivity index (χ0v) is 11.4.